The minimum Gasteiger partial charge on any atom is -0.368 e. The number of primary amides is 2. The van der Waals surface area contributed by atoms with Crippen LogP contribution in [0.15, 0.2) is 6.07 Å². The van der Waals surface area contributed by atoms with Gasteiger partial charge in [0, 0.05) is 17.8 Å². The Balaban J connectivity index is 2.41. The van der Waals surface area contributed by atoms with E-state index in [1.54, 1.807) is 0 Å². The first-order valence-corrected chi connectivity index (χ1v) is 7.04. The zero-order chi connectivity index (χ0) is 15.4. The lowest BCUT2D eigenvalue weighted by Crippen LogP contribution is -2.41. The fourth-order valence-electron chi connectivity index (χ4n) is 2.68. The second-order valence-electron chi connectivity index (χ2n) is 5.28. The summed E-state index contributed by atoms with van der Waals surface area (Å²) in [5.74, 6) is -0.548. The lowest BCUT2D eigenvalue weighted by molar-refractivity contribution is -0.117. The van der Waals surface area contributed by atoms with Gasteiger partial charge < -0.3 is 22.1 Å². The van der Waals surface area contributed by atoms with Gasteiger partial charge in [-0.15, -0.1) is 0 Å². The largest absolute Gasteiger partial charge is 0.368 e. The van der Waals surface area contributed by atoms with Crippen LogP contribution in [0.1, 0.15) is 29.7 Å². The molecule has 1 aliphatic carbocycles. The van der Waals surface area contributed by atoms with E-state index in [1.165, 1.54) is 10.5 Å². The van der Waals surface area contributed by atoms with Crippen molar-refractivity contribution in [1.29, 1.82) is 0 Å². The summed E-state index contributed by atoms with van der Waals surface area (Å²) < 4.78 is 0. The Labute approximate surface area is 123 Å². The third-order valence-corrected chi connectivity index (χ3v) is 3.57. The molecular formula is C14H21N5O2. The van der Waals surface area contributed by atoms with Crippen molar-refractivity contribution < 1.29 is 9.59 Å². The van der Waals surface area contributed by atoms with Gasteiger partial charge in [-0.2, -0.15) is 0 Å². The summed E-state index contributed by atoms with van der Waals surface area (Å²) in [7, 11) is 0. The molecule has 21 heavy (non-hydrogen) atoms. The number of aryl methyl sites for hydroxylation is 2. The van der Waals surface area contributed by atoms with Crippen LogP contribution in [0.4, 0.5) is 5.82 Å². The van der Waals surface area contributed by atoms with Crippen LogP contribution in [-0.2, 0) is 29.0 Å². The molecule has 1 heterocycles. The molecule has 114 valence electrons. The Morgan fingerprint density at radius 1 is 1.14 bits per heavy atom. The monoisotopic (exact) mass is 291 g/mol. The lowest BCUT2D eigenvalue weighted by Gasteiger charge is -2.26. The number of aromatic nitrogens is 1. The van der Waals surface area contributed by atoms with Crippen LogP contribution < -0.4 is 22.1 Å². The number of hydrogen-bond acceptors (Lipinski definition) is 5. The van der Waals surface area contributed by atoms with Gasteiger partial charge in [-0.3, -0.25) is 9.59 Å². The molecule has 2 amide bonds. The van der Waals surface area contributed by atoms with E-state index in [1.807, 2.05) is 6.07 Å². The molecule has 7 nitrogen and oxygen atoms in total. The molecular weight excluding hydrogens is 270 g/mol. The lowest BCUT2D eigenvalue weighted by atomic mass is 9.94. The van der Waals surface area contributed by atoms with Gasteiger partial charge in [0.1, 0.15) is 5.82 Å². The first-order valence-electron chi connectivity index (χ1n) is 7.04. The van der Waals surface area contributed by atoms with Crippen molar-refractivity contribution in [3.05, 3.63) is 22.9 Å². The molecule has 0 saturated carbocycles. The van der Waals surface area contributed by atoms with Gasteiger partial charge in [-0.05, 0) is 37.3 Å². The summed E-state index contributed by atoms with van der Waals surface area (Å²) in [5, 5.41) is 0. The molecule has 0 aromatic carbocycles. The van der Waals surface area contributed by atoms with Gasteiger partial charge in [-0.25, -0.2) is 4.98 Å². The second kappa shape index (κ2) is 6.53. The van der Waals surface area contributed by atoms with Crippen molar-refractivity contribution >= 4 is 17.6 Å². The Morgan fingerprint density at radius 2 is 1.76 bits per heavy atom. The minimum absolute atomic E-state index is 0.109. The van der Waals surface area contributed by atoms with Crippen molar-refractivity contribution in [2.24, 2.45) is 17.2 Å². The van der Waals surface area contributed by atoms with Gasteiger partial charge in [0.15, 0.2) is 0 Å². The van der Waals surface area contributed by atoms with E-state index in [9.17, 15) is 9.59 Å². The molecule has 0 unspecified atom stereocenters. The zero-order valence-corrected chi connectivity index (χ0v) is 12.0. The Hall–Kier alpha value is -2.15. The standard InChI is InChI=1S/C14H21N5O2/c15-6-10-5-9-3-1-2-4-11(9)18-14(10)19(7-12(16)20)8-13(17)21/h5H,1-4,6-8,15H2,(H2,16,20)(H2,17,21). The van der Waals surface area contributed by atoms with Crippen molar-refractivity contribution in [3.63, 3.8) is 0 Å². The number of amides is 2. The summed E-state index contributed by atoms with van der Waals surface area (Å²) in [5.41, 5.74) is 19.3. The molecule has 0 radical (unpaired) electrons. The molecule has 0 bridgehead atoms. The molecule has 6 N–H and O–H groups in total. The maximum atomic E-state index is 11.2. The fraction of sp³-hybridized carbons (Fsp3) is 0.500. The number of nitrogens with two attached hydrogens (primary N) is 3. The maximum absolute atomic E-state index is 11.2. The number of carbonyl (C=O) groups is 2. The van der Waals surface area contributed by atoms with Crippen LogP contribution >= 0.6 is 0 Å². The Morgan fingerprint density at radius 3 is 2.33 bits per heavy atom. The average molecular weight is 291 g/mol. The predicted molar refractivity (Wildman–Crippen MR) is 79.4 cm³/mol. The van der Waals surface area contributed by atoms with E-state index < -0.39 is 11.8 Å². The highest BCUT2D eigenvalue weighted by Crippen LogP contribution is 2.26. The summed E-state index contributed by atoms with van der Waals surface area (Å²) in [6.07, 6.45) is 4.12. The molecule has 0 aliphatic heterocycles. The number of pyridine rings is 1. The van der Waals surface area contributed by atoms with Crippen molar-refractivity contribution in [2.75, 3.05) is 18.0 Å². The molecule has 2 rings (SSSR count). The first kappa shape index (κ1) is 15.2. The number of rotatable bonds is 6. The van der Waals surface area contributed by atoms with Crippen LogP contribution in [0, 0.1) is 0 Å². The van der Waals surface area contributed by atoms with Gasteiger partial charge in [0.2, 0.25) is 11.8 Å². The van der Waals surface area contributed by atoms with Crippen LogP contribution in [0.2, 0.25) is 0 Å². The third kappa shape index (κ3) is 3.69. The van der Waals surface area contributed by atoms with E-state index in [0.29, 0.717) is 5.82 Å². The SMILES string of the molecule is NCc1cc2c(nc1N(CC(N)=O)CC(N)=O)CCCC2. The molecule has 0 saturated heterocycles. The number of carbonyl (C=O) groups excluding carboxylic acids is 2. The van der Waals surface area contributed by atoms with E-state index in [2.05, 4.69) is 4.98 Å². The smallest absolute Gasteiger partial charge is 0.237 e. The van der Waals surface area contributed by atoms with E-state index in [4.69, 9.17) is 17.2 Å². The molecule has 1 aromatic heterocycles. The summed E-state index contributed by atoms with van der Waals surface area (Å²) in [6, 6.07) is 2.02. The number of fused-ring (bicyclic) bond motifs is 1. The summed E-state index contributed by atoms with van der Waals surface area (Å²) in [6.45, 7) is 0.0626. The highest BCUT2D eigenvalue weighted by molar-refractivity contribution is 5.84. The van der Waals surface area contributed by atoms with Crippen LogP contribution in [0.3, 0.4) is 0 Å². The van der Waals surface area contributed by atoms with Gasteiger partial charge in [0.05, 0.1) is 13.1 Å². The second-order valence-corrected chi connectivity index (χ2v) is 5.28. The normalized spacial score (nSPS) is 13.6. The third-order valence-electron chi connectivity index (χ3n) is 3.57. The van der Waals surface area contributed by atoms with Gasteiger partial charge >= 0.3 is 0 Å². The molecule has 7 heteroatoms. The van der Waals surface area contributed by atoms with E-state index >= 15 is 0 Å². The minimum atomic E-state index is -0.543. The van der Waals surface area contributed by atoms with Crippen molar-refractivity contribution in [3.8, 4) is 0 Å². The van der Waals surface area contributed by atoms with E-state index in [-0.39, 0.29) is 19.6 Å². The molecule has 0 atom stereocenters. The Bertz CT molecular complexity index is 543. The molecule has 0 fully saturated rings. The van der Waals surface area contributed by atoms with Crippen LogP contribution in [0.5, 0.6) is 0 Å². The topological polar surface area (TPSA) is 128 Å². The first-order chi connectivity index (χ1) is 10.0. The summed E-state index contributed by atoms with van der Waals surface area (Å²) in [4.78, 5) is 28.6. The Kier molecular flexibility index (Phi) is 4.74. The quantitative estimate of drug-likeness (QED) is 0.632. The van der Waals surface area contributed by atoms with Crippen LogP contribution in [-0.4, -0.2) is 29.9 Å². The average Bonchev–Trinajstić information content (AvgIpc) is 2.44. The van der Waals surface area contributed by atoms with Gasteiger partial charge in [0.25, 0.3) is 0 Å². The zero-order valence-electron chi connectivity index (χ0n) is 12.0. The molecule has 1 aromatic rings. The van der Waals surface area contributed by atoms with E-state index in [0.717, 1.165) is 36.9 Å². The number of nitrogens with zero attached hydrogens (tertiary/aromatic N) is 2. The van der Waals surface area contributed by atoms with Crippen molar-refractivity contribution in [2.45, 2.75) is 32.2 Å². The van der Waals surface area contributed by atoms with Gasteiger partial charge in [-0.1, -0.05) is 0 Å². The molecule has 0 spiro atoms. The predicted octanol–water partition coefficient (Wildman–Crippen LogP) is -0.804. The highest BCUT2D eigenvalue weighted by atomic mass is 16.2. The maximum Gasteiger partial charge on any atom is 0.237 e. The highest BCUT2D eigenvalue weighted by Gasteiger charge is 2.20. The number of anilines is 1. The molecule has 1 aliphatic rings. The van der Waals surface area contributed by atoms with Crippen LogP contribution in [0.25, 0.3) is 0 Å². The fourth-order valence-corrected chi connectivity index (χ4v) is 2.68. The van der Waals surface area contributed by atoms with Crippen molar-refractivity contribution in [1.82, 2.24) is 4.98 Å². The number of hydrogen-bond donors (Lipinski definition) is 3. The summed E-state index contributed by atoms with van der Waals surface area (Å²) >= 11 is 0.